The minimum absolute atomic E-state index is 0.0839. The zero-order valence-corrected chi connectivity index (χ0v) is 29.5. The molecule has 1 aliphatic rings. The van der Waals surface area contributed by atoms with Gasteiger partial charge in [-0.15, -0.1) is 0 Å². The lowest BCUT2D eigenvalue weighted by molar-refractivity contribution is -0.325. The topological polar surface area (TPSA) is 57.2 Å². The fourth-order valence-electron chi connectivity index (χ4n) is 5.36. The summed E-state index contributed by atoms with van der Waals surface area (Å²) in [5, 5.41) is 13.3. The van der Waals surface area contributed by atoms with Gasteiger partial charge in [0.2, 0.25) is 5.79 Å². The summed E-state index contributed by atoms with van der Waals surface area (Å²) in [7, 11) is -5.97. The van der Waals surface area contributed by atoms with Gasteiger partial charge in [0.1, 0.15) is 11.9 Å². The third-order valence-corrected chi connectivity index (χ3v) is 11.6. The van der Waals surface area contributed by atoms with Crippen LogP contribution >= 0.6 is 11.6 Å². The predicted octanol–water partition coefficient (Wildman–Crippen LogP) is 7.83. The smallest absolute Gasteiger partial charge is 0.220 e. The lowest BCUT2D eigenvalue weighted by Gasteiger charge is -2.55. The number of benzene rings is 2. The fourth-order valence-corrected chi connectivity index (χ4v) is 10.1. The highest BCUT2D eigenvalue weighted by atomic mass is 35.5. The number of ether oxygens (including phenoxy) is 2. The summed E-state index contributed by atoms with van der Waals surface area (Å²) in [5.74, 6) is -0.738. The highest BCUT2D eigenvalue weighted by Crippen LogP contribution is 2.46. The molecule has 5 nitrogen and oxygen atoms in total. The molecule has 0 aliphatic carbocycles. The van der Waals surface area contributed by atoms with Crippen LogP contribution in [0.15, 0.2) is 42.5 Å². The number of aliphatic hydroxyl groups is 1. The molecule has 5 atom stereocenters. The summed E-state index contributed by atoms with van der Waals surface area (Å²) >= 11 is 6.71. The molecule has 0 radical (unpaired) electrons. The van der Waals surface area contributed by atoms with E-state index >= 15 is 0 Å². The molecular weight excluding hydrogens is 560 g/mol. The zero-order valence-electron chi connectivity index (χ0n) is 25.7. The molecule has 1 fully saturated rings. The third-order valence-electron chi connectivity index (χ3n) is 6.90. The van der Waals surface area contributed by atoms with Gasteiger partial charge < -0.3 is 23.4 Å². The Bertz CT molecular complexity index is 1110. The molecule has 0 spiro atoms. The maximum absolute atomic E-state index is 12.6. The Morgan fingerprint density at radius 3 is 2.00 bits per heavy atom. The number of rotatable bonds is 10. The number of hydrogen-bond acceptors (Lipinski definition) is 5. The summed E-state index contributed by atoms with van der Waals surface area (Å²) in [6, 6.07) is 13.8. The molecule has 2 aromatic rings. The van der Waals surface area contributed by atoms with Crippen molar-refractivity contribution < 1.29 is 23.4 Å². The van der Waals surface area contributed by atoms with Crippen LogP contribution in [0.1, 0.15) is 30.5 Å². The first kappa shape index (κ1) is 32.5. The summed E-state index contributed by atoms with van der Waals surface area (Å²) in [6.07, 6.45) is -0.320. The van der Waals surface area contributed by atoms with Crippen molar-refractivity contribution in [1.29, 1.82) is 0 Å². The minimum Gasteiger partial charge on any atom is -0.494 e. The predicted molar refractivity (Wildman–Crippen MR) is 170 cm³/mol. The van der Waals surface area contributed by atoms with Crippen LogP contribution in [-0.2, 0) is 25.8 Å². The second kappa shape index (κ2) is 12.1. The van der Waals surface area contributed by atoms with Crippen molar-refractivity contribution in [2.45, 2.75) is 103 Å². The first-order valence-electron chi connectivity index (χ1n) is 14.1. The molecule has 2 aromatic carbocycles. The lowest BCUT2D eigenvalue weighted by atomic mass is 9.86. The van der Waals surface area contributed by atoms with E-state index in [-0.39, 0.29) is 17.7 Å². The zero-order chi connectivity index (χ0) is 29.4. The van der Waals surface area contributed by atoms with Gasteiger partial charge in [0.25, 0.3) is 0 Å². The maximum atomic E-state index is 12.6. The lowest BCUT2D eigenvalue weighted by Crippen LogP contribution is -2.68. The van der Waals surface area contributed by atoms with Gasteiger partial charge in [-0.25, -0.2) is 0 Å². The largest absolute Gasteiger partial charge is 0.494 e. The average molecular weight is 609 g/mol. The van der Waals surface area contributed by atoms with E-state index in [0.29, 0.717) is 23.6 Å². The maximum Gasteiger partial charge on any atom is 0.220 e. The Balaban J connectivity index is 2.11. The van der Waals surface area contributed by atoms with E-state index < -0.39 is 36.6 Å². The van der Waals surface area contributed by atoms with Crippen molar-refractivity contribution in [3.05, 3.63) is 64.2 Å². The van der Waals surface area contributed by atoms with Crippen LogP contribution in [0.2, 0.25) is 63.9 Å². The van der Waals surface area contributed by atoms with E-state index in [4.69, 9.17) is 29.9 Å². The first-order valence-corrected chi connectivity index (χ1v) is 24.9. The first-order chi connectivity index (χ1) is 17.8. The minimum atomic E-state index is -2.11. The van der Waals surface area contributed by atoms with Crippen LogP contribution in [0.5, 0.6) is 5.75 Å². The molecule has 1 aliphatic heterocycles. The van der Waals surface area contributed by atoms with Gasteiger partial charge in [0.05, 0.1) is 26.5 Å². The Morgan fingerprint density at radius 1 is 0.897 bits per heavy atom. The van der Waals surface area contributed by atoms with Gasteiger partial charge in [-0.2, -0.15) is 0 Å². The molecule has 0 saturated carbocycles. The standard InChI is InChI=1S/C30H49ClO5Si3/c1-12-33-25-16-13-22(14-17-25)19-23-20-24(15-18-26(23)31)30(32)28(36-39(9,10)11)27(35-38(6,7)8)21(2)29(34-30)37(3,4)5/h13-18,20-21,27-29,32H,12,19H2,1-11H3/t21-,27-,28+,29+,30?/m0/s1. The molecule has 218 valence electrons. The number of halogens is 1. The molecule has 1 N–H and O–H groups in total. The molecule has 0 bridgehead atoms. The Labute approximate surface area is 244 Å². The molecule has 1 saturated heterocycles. The molecule has 1 unspecified atom stereocenters. The summed E-state index contributed by atoms with van der Waals surface area (Å²) in [4.78, 5) is 0. The van der Waals surface area contributed by atoms with Crippen LogP contribution in [0, 0.1) is 5.92 Å². The van der Waals surface area contributed by atoms with Crippen molar-refractivity contribution >= 4 is 36.3 Å². The van der Waals surface area contributed by atoms with E-state index in [9.17, 15) is 5.11 Å². The molecule has 3 rings (SSSR count). The quantitative estimate of drug-likeness (QED) is 0.279. The van der Waals surface area contributed by atoms with Crippen LogP contribution in [0.4, 0.5) is 0 Å². The van der Waals surface area contributed by atoms with Gasteiger partial charge >= 0.3 is 0 Å². The van der Waals surface area contributed by atoms with Crippen LogP contribution < -0.4 is 4.74 Å². The van der Waals surface area contributed by atoms with E-state index in [2.05, 4.69) is 78.0 Å². The van der Waals surface area contributed by atoms with E-state index in [1.54, 1.807) is 0 Å². The molecule has 9 heteroatoms. The van der Waals surface area contributed by atoms with Crippen LogP contribution in [0.25, 0.3) is 0 Å². The highest BCUT2D eigenvalue weighted by Gasteiger charge is 2.58. The van der Waals surface area contributed by atoms with Gasteiger partial charge in [0, 0.05) is 16.5 Å². The van der Waals surface area contributed by atoms with E-state index in [1.807, 2.05) is 37.3 Å². The van der Waals surface area contributed by atoms with Crippen LogP contribution in [-0.4, -0.2) is 54.4 Å². The highest BCUT2D eigenvalue weighted by molar-refractivity contribution is 6.77. The number of hydrogen-bond donors (Lipinski definition) is 1. The Morgan fingerprint density at radius 2 is 1.49 bits per heavy atom. The molecular formula is C30H49ClO5Si3. The van der Waals surface area contributed by atoms with Crippen molar-refractivity contribution in [2.24, 2.45) is 5.92 Å². The summed E-state index contributed by atoms with van der Waals surface area (Å²) < 4.78 is 26.1. The SMILES string of the molecule is CCOc1ccc(Cc2cc(C3(O)O[C@H]([Si](C)(C)C)[C@@H](C)[C@H](O[Si](C)(C)C)[C@H]3O[Si](C)(C)C)ccc2Cl)cc1. The molecule has 39 heavy (non-hydrogen) atoms. The van der Waals surface area contributed by atoms with E-state index in [1.165, 1.54) is 0 Å². The van der Waals surface area contributed by atoms with Gasteiger partial charge in [0.15, 0.2) is 16.6 Å². The van der Waals surface area contributed by atoms with Crippen molar-refractivity contribution in [3.8, 4) is 5.75 Å². The van der Waals surface area contributed by atoms with Crippen molar-refractivity contribution in [3.63, 3.8) is 0 Å². The molecule has 0 amide bonds. The Hall–Kier alpha value is -0.979. The Kier molecular flexibility index (Phi) is 10.1. The molecule has 0 aromatic heterocycles. The van der Waals surface area contributed by atoms with Crippen LogP contribution in [0.3, 0.4) is 0 Å². The van der Waals surface area contributed by atoms with Gasteiger partial charge in [-0.1, -0.05) is 56.4 Å². The summed E-state index contributed by atoms with van der Waals surface area (Å²) in [5.41, 5.74) is 2.58. The average Bonchev–Trinajstić information content (AvgIpc) is 2.79. The van der Waals surface area contributed by atoms with Crippen molar-refractivity contribution in [2.75, 3.05) is 6.61 Å². The fraction of sp³-hybridized carbons (Fsp3) is 0.600. The summed E-state index contributed by atoms with van der Waals surface area (Å²) in [6.45, 7) is 24.7. The third kappa shape index (κ3) is 8.29. The van der Waals surface area contributed by atoms with Gasteiger partial charge in [-0.05, 0) is 88.0 Å². The van der Waals surface area contributed by atoms with Gasteiger partial charge in [-0.3, -0.25) is 0 Å². The normalized spacial score (nSPS) is 26.5. The molecule has 1 heterocycles. The second-order valence-corrected chi connectivity index (χ2v) is 28.5. The van der Waals surface area contributed by atoms with E-state index in [0.717, 1.165) is 16.9 Å². The second-order valence-electron chi connectivity index (χ2n) is 13.9. The monoisotopic (exact) mass is 608 g/mol. The van der Waals surface area contributed by atoms with Crippen molar-refractivity contribution in [1.82, 2.24) is 0 Å².